The van der Waals surface area contributed by atoms with Gasteiger partial charge in [-0.3, -0.25) is 14.5 Å². The lowest BCUT2D eigenvalue weighted by molar-refractivity contribution is -0.138. The number of benzene rings is 2. The molecule has 2 amide bonds. The number of nitrogens with zero attached hydrogens (tertiary/aromatic N) is 4. The molecule has 0 atom stereocenters. The maximum atomic E-state index is 15.2. The SMILES string of the molecule is N#Cc1ncc(N2C(=O)C3(CCC3)N(c3ccc(C(=O)NCc4ccc(Cl)cc4)c(F)c3)C2=S)cc1C(F)(F)F. The fraction of sp³-hybridized carbons (Fsp3) is 0.222. The molecule has 0 unspecified atom stereocenters. The van der Waals surface area contributed by atoms with Crippen LogP contribution in [0.1, 0.15) is 46.4 Å². The Hall–Kier alpha value is -4.08. The molecule has 1 aliphatic carbocycles. The average Bonchev–Trinajstić information content (AvgIpc) is 3.13. The normalized spacial score (nSPS) is 16.2. The van der Waals surface area contributed by atoms with Crippen molar-refractivity contribution >= 4 is 52.1 Å². The van der Waals surface area contributed by atoms with E-state index >= 15 is 4.39 Å². The van der Waals surface area contributed by atoms with Gasteiger partial charge in [0.2, 0.25) is 0 Å². The molecule has 40 heavy (non-hydrogen) atoms. The maximum absolute atomic E-state index is 15.2. The van der Waals surface area contributed by atoms with Crippen molar-refractivity contribution < 1.29 is 27.2 Å². The first-order valence-electron chi connectivity index (χ1n) is 11.9. The first-order chi connectivity index (χ1) is 19.0. The van der Waals surface area contributed by atoms with Crippen molar-refractivity contribution in [1.29, 1.82) is 5.26 Å². The fourth-order valence-electron chi connectivity index (χ4n) is 4.80. The minimum absolute atomic E-state index is 0.137. The number of nitriles is 1. The second-order valence-electron chi connectivity index (χ2n) is 9.32. The third-order valence-electron chi connectivity index (χ3n) is 6.96. The van der Waals surface area contributed by atoms with E-state index in [9.17, 15) is 22.8 Å². The Morgan fingerprint density at radius 3 is 2.42 bits per heavy atom. The van der Waals surface area contributed by atoms with Crippen LogP contribution in [0, 0.1) is 17.1 Å². The van der Waals surface area contributed by atoms with Gasteiger partial charge in [-0.25, -0.2) is 9.37 Å². The van der Waals surface area contributed by atoms with Gasteiger partial charge in [-0.05, 0) is 73.4 Å². The molecule has 2 aliphatic rings. The van der Waals surface area contributed by atoms with E-state index in [1.807, 2.05) is 0 Å². The molecule has 0 bridgehead atoms. The van der Waals surface area contributed by atoms with Gasteiger partial charge in [0.1, 0.15) is 17.4 Å². The molecule has 2 aromatic carbocycles. The third-order valence-corrected chi connectivity index (χ3v) is 7.57. The lowest BCUT2D eigenvalue weighted by Gasteiger charge is -2.43. The highest BCUT2D eigenvalue weighted by Crippen LogP contribution is 2.48. The Morgan fingerprint density at radius 1 is 1.15 bits per heavy atom. The molecule has 2 heterocycles. The number of hydrogen-bond donors (Lipinski definition) is 1. The molecular weight excluding hydrogens is 570 g/mol. The molecule has 7 nitrogen and oxygen atoms in total. The molecule has 1 spiro atoms. The third kappa shape index (κ3) is 4.65. The first kappa shape index (κ1) is 27.5. The smallest absolute Gasteiger partial charge is 0.348 e. The van der Waals surface area contributed by atoms with Crippen LogP contribution in [0.3, 0.4) is 0 Å². The number of rotatable bonds is 5. The zero-order chi connectivity index (χ0) is 28.8. The number of pyridine rings is 1. The van der Waals surface area contributed by atoms with Crippen molar-refractivity contribution in [2.45, 2.75) is 37.5 Å². The van der Waals surface area contributed by atoms with Gasteiger partial charge in [0, 0.05) is 17.3 Å². The van der Waals surface area contributed by atoms with E-state index in [1.54, 1.807) is 24.3 Å². The van der Waals surface area contributed by atoms with Crippen LogP contribution in [0.15, 0.2) is 54.7 Å². The molecule has 5 rings (SSSR count). The summed E-state index contributed by atoms with van der Waals surface area (Å²) in [6, 6.07) is 12.6. The number of carbonyl (C=O) groups excluding carboxylic acids is 2. The number of hydrogen-bond acceptors (Lipinski definition) is 5. The molecule has 13 heteroatoms. The summed E-state index contributed by atoms with van der Waals surface area (Å²) in [7, 11) is 0. The van der Waals surface area contributed by atoms with E-state index in [0.29, 0.717) is 30.4 Å². The second-order valence-corrected chi connectivity index (χ2v) is 10.1. The van der Waals surface area contributed by atoms with Crippen LogP contribution in [0.25, 0.3) is 0 Å². The molecule has 1 aromatic heterocycles. The van der Waals surface area contributed by atoms with Gasteiger partial charge in [-0.15, -0.1) is 0 Å². The molecule has 0 radical (unpaired) electrons. The Kier molecular flexibility index (Phi) is 6.97. The molecule has 1 saturated carbocycles. The van der Waals surface area contributed by atoms with Crippen LogP contribution < -0.4 is 15.1 Å². The fourth-order valence-corrected chi connectivity index (χ4v) is 5.39. The zero-order valence-corrected chi connectivity index (χ0v) is 22.0. The maximum Gasteiger partial charge on any atom is 0.419 e. The molecule has 204 valence electrons. The van der Waals surface area contributed by atoms with Crippen LogP contribution in [-0.4, -0.2) is 27.4 Å². The average molecular weight is 588 g/mol. The standard InChI is InChI=1S/C27H18ClF4N5O2S/c28-16-4-2-15(3-5-16)13-35-23(38)19-7-6-17(11-21(19)29)37-25(40)36(24(39)26(37)8-1-9-26)18-10-20(27(30,31)32)22(12-33)34-14-18/h2-7,10-11,14H,1,8-9,13H2,(H,35,38). The minimum Gasteiger partial charge on any atom is -0.348 e. The summed E-state index contributed by atoms with van der Waals surface area (Å²) in [6.07, 6.45) is -2.60. The van der Waals surface area contributed by atoms with Crippen molar-refractivity contribution in [2.24, 2.45) is 0 Å². The molecular formula is C27H18ClF4N5O2S. The number of halogens is 5. The Morgan fingerprint density at radius 2 is 1.85 bits per heavy atom. The van der Waals surface area contributed by atoms with Gasteiger partial charge in [-0.1, -0.05) is 23.7 Å². The number of amides is 2. The van der Waals surface area contributed by atoms with Crippen LogP contribution in [-0.2, 0) is 17.5 Å². The number of nitrogens with one attached hydrogen (secondary N) is 1. The van der Waals surface area contributed by atoms with E-state index in [-0.39, 0.29) is 28.6 Å². The summed E-state index contributed by atoms with van der Waals surface area (Å²) in [5.41, 5.74) is -2.92. The lowest BCUT2D eigenvalue weighted by Crippen LogP contribution is -2.55. The van der Waals surface area contributed by atoms with Crippen molar-refractivity contribution in [1.82, 2.24) is 10.3 Å². The van der Waals surface area contributed by atoms with Crippen molar-refractivity contribution in [3.8, 4) is 6.07 Å². The summed E-state index contributed by atoms with van der Waals surface area (Å²) in [5, 5.41) is 12.1. The van der Waals surface area contributed by atoms with Crippen molar-refractivity contribution in [3.63, 3.8) is 0 Å². The predicted octanol–water partition coefficient (Wildman–Crippen LogP) is 5.76. The molecule has 1 aliphatic heterocycles. The van der Waals surface area contributed by atoms with Gasteiger partial charge >= 0.3 is 6.18 Å². The molecule has 1 N–H and O–H groups in total. The predicted molar refractivity (Wildman–Crippen MR) is 142 cm³/mol. The summed E-state index contributed by atoms with van der Waals surface area (Å²) >= 11 is 11.4. The topological polar surface area (TPSA) is 89.3 Å². The van der Waals surface area contributed by atoms with Crippen molar-refractivity contribution in [3.05, 3.63) is 88.0 Å². The summed E-state index contributed by atoms with van der Waals surface area (Å²) in [4.78, 5) is 32.2. The monoisotopic (exact) mass is 587 g/mol. The van der Waals surface area contributed by atoms with Gasteiger partial charge in [0.05, 0.1) is 23.0 Å². The minimum atomic E-state index is -4.89. The molecule has 1 saturated heterocycles. The first-order valence-corrected chi connectivity index (χ1v) is 12.7. The van der Waals surface area contributed by atoms with E-state index in [2.05, 4.69) is 10.3 Å². The lowest BCUT2D eigenvalue weighted by atomic mass is 9.75. The highest BCUT2D eigenvalue weighted by atomic mass is 35.5. The van der Waals surface area contributed by atoms with Crippen molar-refractivity contribution in [2.75, 3.05) is 9.80 Å². The molecule has 2 fully saturated rings. The van der Waals surface area contributed by atoms with Gasteiger partial charge < -0.3 is 10.2 Å². The van der Waals surface area contributed by atoms with Crippen LogP contribution in [0.2, 0.25) is 5.02 Å². The zero-order valence-electron chi connectivity index (χ0n) is 20.4. The van der Waals surface area contributed by atoms with Crippen LogP contribution >= 0.6 is 23.8 Å². The van der Waals surface area contributed by atoms with Crippen LogP contribution in [0.5, 0.6) is 0 Å². The van der Waals surface area contributed by atoms with E-state index < -0.39 is 40.6 Å². The highest BCUT2D eigenvalue weighted by molar-refractivity contribution is 7.81. The number of carbonyl (C=O) groups is 2. The number of thiocarbonyl (C=S) groups is 1. The Labute approximate surface area is 236 Å². The number of aromatic nitrogens is 1. The summed E-state index contributed by atoms with van der Waals surface area (Å²) in [6.45, 7) is 0.137. The second kappa shape index (κ2) is 10.1. The number of alkyl halides is 3. The largest absolute Gasteiger partial charge is 0.419 e. The van der Waals surface area contributed by atoms with Gasteiger partial charge in [0.25, 0.3) is 11.8 Å². The summed E-state index contributed by atoms with van der Waals surface area (Å²) < 4.78 is 55.9. The summed E-state index contributed by atoms with van der Waals surface area (Å²) in [5.74, 6) is -2.11. The van der Waals surface area contributed by atoms with Gasteiger partial charge in [-0.2, -0.15) is 18.4 Å². The van der Waals surface area contributed by atoms with E-state index in [4.69, 9.17) is 29.1 Å². The highest BCUT2D eigenvalue weighted by Gasteiger charge is 2.60. The molecule has 3 aromatic rings. The number of anilines is 2. The van der Waals surface area contributed by atoms with E-state index in [1.165, 1.54) is 23.1 Å². The Bertz CT molecular complexity index is 1590. The quantitative estimate of drug-likeness (QED) is 0.302. The van der Waals surface area contributed by atoms with Crippen LogP contribution in [0.4, 0.5) is 28.9 Å². The van der Waals surface area contributed by atoms with Gasteiger partial charge in [0.15, 0.2) is 10.8 Å². The van der Waals surface area contributed by atoms with E-state index in [0.717, 1.165) is 22.7 Å². The Balaban J connectivity index is 1.44.